The van der Waals surface area contributed by atoms with Crippen LogP contribution < -0.4 is 4.74 Å². The van der Waals surface area contributed by atoms with Crippen LogP contribution in [0.3, 0.4) is 0 Å². The standard InChI is InChI=1S/C23H33N3O2/c27-22(20-5-6-20)26-13-2-12-24(15-16-26)17-19-3-7-21(8-4-19)28-23-9-1-11-25(18-23)14-10-23/h3-4,7-8,20H,1-2,5-6,9-18H2/t23-/m1/s1. The smallest absolute Gasteiger partial charge is 0.225 e. The Morgan fingerprint density at radius 2 is 1.82 bits per heavy atom. The van der Waals surface area contributed by atoms with Crippen molar-refractivity contribution in [3.63, 3.8) is 0 Å². The highest BCUT2D eigenvalue weighted by atomic mass is 16.5. The normalized spacial score (nSPS) is 30.9. The molecule has 1 aromatic carbocycles. The molecule has 0 spiro atoms. The number of rotatable bonds is 5. The number of ether oxygens (including phenoxy) is 1. The van der Waals surface area contributed by atoms with E-state index in [-0.39, 0.29) is 5.60 Å². The molecule has 0 aromatic heterocycles. The summed E-state index contributed by atoms with van der Waals surface area (Å²) in [6.07, 6.45) is 6.90. The summed E-state index contributed by atoms with van der Waals surface area (Å²) in [4.78, 5) is 19.5. The lowest BCUT2D eigenvalue weighted by molar-refractivity contribution is -0.132. The molecular formula is C23H33N3O2. The SMILES string of the molecule is O=C(C1CC1)N1CCCN(Cc2ccc(O[C@]34CCCN(CC3)C4)cc2)CC1. The van der Waals surface area contributed by atoms with E-state index >= 15 is 0 Å². The van der Waals surface area contributed by atoms with Gasteiger partial charge in [0.25, 0.3) is 0 Å². The van der Waals surface area contributed by atoms with Crippen LogP contribution in [0.1, 0.15) is 44.1 Å². The van der Waals surface area contributed by atoms with Gasteiger partial charge >= 0.3 is 0 Å². The molecule has 1 unspecified atom stereocenters. The maximum atomic E-state index is 12.3. The van der Waals surface area contributed by atoms with Crippen molar-refractivity contribution in [2.24, 2.45) is 5.92 Å². The van der Waals surface area contributed by atoms with Crippen LogP contribution in [0, 0.1) is 5.92 Å². The van der Waals surface area contributed by atoms with Crippen molar-refractivity contribution in [3.8, 4) is 5.75 Å². The van der Waals surface area contributed by atoms with Gasteiger partial charge in [-0.15, -0.1) is 0 Å². The number of hydrogen-bond donors (Lipinski definition) is 0. The first-order valence-electron chi connectivity index (χ1n) is 11.2. The van der Waals surface area contributed by atoms with Crippen LogP contribution >= 0.6 is 0 Å². The molecule has 3 saturated heterocycles. The minimum Gasteiger partial charge on any atom is -0.486 e. The quantitative estimate of drug-likeness (QED) is 0.783. The molecule has 0 N–H and O–H groups in total. The number of benzene rings is 1. The van der Waals surface area contributed by atoms with Crippen molar-refractivity contribution in [3.05, 3.63) is 29.8 Å². The molecule has 3 heterocycles. The van der Waals surface area contributed by atoms with Gasteiger partial charge in [0.05, 0.1) is 0 Å². The lowest BCUT2D eigenvalue weighted by atomic mass is 9.94. The summed E-state index contributed by atoms with van der Waals surface area (Å²) in [5.74, 6) is 1.76. The summed E-state index contributed by atoms with van der Waals surface area (Å²) in [6.45, 7) is 8.36. The first-order chi connectivity index (χ1) is 13.7. The van der Waals surface area contributed by atoms with Crippen molar-refractivity contribution < 1.29 is 9.53 Å². The van der Waals surface area contributed by atoms with E-state index in [2.05, 4.69) is 39.0 Å². The summed E-state index contributed by atoms with van der Waals surface area (Å²) in [5, 5.41) is 0. The fraction of sp³-hybridized carbons (Fsp3) is 0.696. The van der Waals surface area contributed by atoms with Crippen molar-refractivity contribution in [1.82, 2.24) is 14.7 Å². The third-order valence-corrected chi connectivity index (χ3v) is 6.99. The Bertz CT molecular complexity index is 698. The Kier molecular flexibility index (Phi) is 5.06. The van der Waals surface area contributed by atoms with Gasteiger partial charge in [-0.2, -0.15) is 0 Å². The molecular weight excluding hydrogens is 350 g/mol. The molecule has 0 radical (unpaired) electrons. The number of carbonyl (C=O) groups is 1. The van der Waals surface area contributed by atoms with E-state index in [9.17, 15) is 4.79 Å². The molecule has 28 heavy (non-hydrogen) atoms. The third-order valence-electron chi connectivity index (χ3n) is 6.99. The number of carbonyl (C=O) groups excluding carboxylic acids is 1. The molecule has 1 amide bonds. The zero-order valence-corrected chi connectivity index (χ0v) is 16.9. The van der Waals surface area contributed by atoms with Gasteiger partial charge in [-0.25, -0.2) is 0 Å². The van der Waals surface area contributed by atoms with Gasteiger partial charge in [-0.3, -0.25) is 14.6 Å². The molecule has 1 aliphatic carbocycles. The lowest BCUT2D eigenvalue weighted by Crippen LogP contribution is -2.43. The highest BCUT2D eigenvalue weighted by Crippen LogP contribution is 2.36. The molecule has 1 aromatic rings. The molecule has 3 aliphatic heterocycles. The number of fused-ring (bicyclic) bond motifs is 2. The number of hydrogen-bond acceptors (Lipinski definition) is 4. The van der Waals surface area contributed by atoms with Gasteiger partial charge in [0.15, 0.2) is 0 Å². The largest absolute Gasteiger partial charge is 0.486 e. The fourth-order valence-electron chi connectivity index (χ4n) is 5.19. The van der Waals surface area contributed by atoms with Crippen molar-refractivity contribution >= 4 is 5.91 Å². The Morgan fingerprint density at radius 3 is 2.64 bits per heavy atom. The maximum absolute atomic E-state index is 12.3. The van der Waals surface area contributed by atoms with Crippen LogP contribution in [0.15, 0.2) is 24.3 Å². The topological polar surface area (TPSA) is 36.0 Å². The summed E-state index contributed by atoms with van der Waals surface area (Å²) >= 11 is 0. The first-order valence-corrected chi connectivity index (χ1v) is 11.2. The predicted molar refractivity (Wildman–Crippen MR) is 109 cm³/mol. The van der Waals surface area contributed by atoms with Crippen molar-refractivity contribution in [2.75, 3.05) is 45.8 Å². The van der Waals surface area contributed by atoms with Crippen LogP contribution in [-0.2, 0) is 11.3 Å². The molecule has 4 aliphatic rings. The summed E-state index contributed by atoms with van der Waals surface area (Å²) in [7, 11) is 0. The minimum absolute atomic E-state index is 0.0576. The molecule has 1 saturated carbocycles. The molecule has 152 valence electrons. The van der Waals surface area contributed by atoms with Crippen LogP contribution in [0.4, 0.5) is 0 Å². The predicted octanol–water partition coefficient (Wildman–Crippen LogP) is 2.75. The van der Waals surface area contributed by atoms with Gasteiger partial charge < -0.3 is 9.64 Å². The highest BCUT2D eigenvalue weighted by Gasteiger charge is 2.42. The van der Waals surface area contributed by atoms with Gasteiger partial charge in [0.1, 0.15) is 11.4 Å². The van der Waals surface area contributed by atoms with E-state index in [1.54, 1.807) is 0 Å². The average molecular weight is 384 g/mol. The van der Waals surface area contributed by atoms with Crippen molar-refractivity contribution in [2.45, 2.75) is 50.7 Å². The van der Waals surface area contributed by atoms with Crippen LogP contribution in [0.2, 0.25) is 0 Å². The van der Waals surface area contributed by atoms with Crippen LogP contribution in [0.5, 0.6) is 5.75 Å². The fourth-order valence-corrected chi connectivity index (χ4v) is 5.19. The Balaban J connectivity index is 1.15. The summed E-state index contributed by atoms with van der Waals surface area (Å²) in [6, 6.07) is 8.75. The Hall–Kier alpha value is -1.59. The Labute approximate surface area is 168 Å². The molecule has 5 heteroatoms. The van der Waals surface area contributed by atoms with E-state index < -0.39 is 0 Å². The van der Waals surface area contributed by atoms with Gasteiger partial charge in [0, 0.05) is 58.2 Å². The van der Waals surface area contributed by atoms with Gasteiger partial charge in [0.2, 0.25) is 5.91 Å². The summed E-state index contributed by atoms with van der Waals surface area (Å²) < 4.78 is 6.47. The Morgan fingerprint density at radius 1 is 0.964 bits per heavy atom. The van der Waals surface area contributed by atoms with Gasteiger partial charge in [-0.1, -0.05) is 12.1 Å². The first kappa shape index (κ1) is 18.4. The maximum Gasteiger partial charge on any atom is 0.225 e. The van der Waals surface area contributed by atoms with E-state index in [1.807, 2.05) is 0 Å². The van der Waals surface area contributed by atoms with E-state index in [4.69, 9.17) is 4.74 Å². The lowest BCUT2D eigenvalue weighted by Gasteiger charge is -2.34. The molecule has 5 rings (SSSR count). The second-order valence-corrected chi connectivity index (χ2v) is 9.29. The number of nitrogens with zero attached hydrogens (tertiary/aromatic N) is 3. The van der Waals surface area contributed by atoms with Gasteiger partial charge in [-0.05, 0) is 56.3 Å². The van der Waals surface area contributed by atoms with E-state index in [0.717, 1.165) is 64.3 Å². The molecule has 4 fully saturated rings. The van der Waals surface area contributed by atoms with E-state index in [0.29, 0.717) is 11.8 Å². The van der Waals surface area contributed by atoms with Crippen molar-refractivity contribution in [1.29, 1.82) is 0 Å². The molecule has 2 atom stereocenters. The zero-order valence-electron chi connectivity index (χ0n) is 16.9. The van der Waals surface area contributed by atoms with E-state index in [1.165, 1.54) is 37.9 Å². The second-order valence-electron chi connectivity index (χ2n) is 9.29. The van der Waals surface area contributed by atoms with Crippen LogP contribution in [0.25, 0.3) is 0 Å². The third kappa shape index (κ3) is 4.06. The average Bonchev–Trinajstić information content (AvgIpc) is 3.53. The number of piperidine rings is 1. The monoisotopic (exact) mass is 383 g/mol. The second kappa shape index (κ2) is 7.68. The summed E-state index contributed by atoms with van der Waals surface area (Å²) in [5.41, 5.74) is 1.39. The number of amides is 1. The van der Waals surface area contributed by atoms with Crippen LogP contribution in [-0.4, -0.2) is 72.0 Å². The minimum atomic E-state index is 0.0576. The molecule has 5 nitrogen and oxygen atoms in total. The zero-order chi connectivity index (χ0) is 19.0. The highest BCUT2D eigenvalue weighted by molar-refractivity contribution is 5.81. The molecule has 2 bridgehead atoms.